The van der Waals surface area contributed by atoms with Gasteiger partial charge in [-0.1, -0.05) is 17.7 Å². The van der Waals surface area contributed by atoms with Crippen molar-refractivity contribution in [3.05, 3.63) is 34.3 Å². The minimum absolute atomic E-state index is 0.676. The van der Waals surface area contributed by atoms with Gasteiger partial charge in [-0.2, -0.15) is 0 Å². The molecule has 1 aromatic rings. The molecule has 0 aromatic heterocycles. The lowest BCUT2D eigenvalue weighted by Crippen LogP contribution is -1.95. The molecule has 0 radical (unpaired) electrons. The van der Waals surface area contributed by atoms with Crippen molar-refractivity contribution in [3.8, 4) is 0 Å². The zero-order valence-corrected chi connectivity index (χ0v) is 7.41. The van der Waals surface area contributed by atoms with Crippen LogP contribution in [0.1, 0.15) is 11.1 Å². The Morgan fingerprint density at radius 2 is 2.00 bits per heavy atom. The lowest BCUT2D eigenvalue weighted by Gasteiger charge is -1.97. The van der Waals surface area contributed by atoms with Gasteiger partial charge in [0.1, 0.15) is 11.5 Å². The molecule has 0 spiro atoms. The van der Waals surface area contributed by atoms with Crippen molar-refractivity contribution in [2.45, 2.75) is 11.5 Å². The molecular formula is C8H7ClOS. The average Bonchev–Trinajstić information content (AvgIpc) is 2.27. The molecule has 3 heteroatoms. The SMILES string of the molecule is [O-][S+]1Cc2ccc(Cl)cc2C1. The van der Waals surface area contributed by atoms with Gasteiger partial charge in [0.25, 0.3) is 0 Å². The Labute approximate surface area is 73.6 Å². The van der Waals surface area contributed by atoms with E-state index in [1.807, 2.05) is 18.2 Å². The number of hydrogen-bond acceptors (Lipinski definition) is 1. The number of hydrogen-bond donors (Lipinski definition) is 0. The van der Waals surface area contributed by atoms with Gasteiger partial charge >= 0.3 is 0 Å². The van der Waals surface area contributed by atoms with E-state index in [0.717, 1.165) is 10.6 Å². The van der Waals surface area contributed by atoms with Gasteiger partial charge in [0.05, 0.1) is 0 Å². The minimum atomic E-state index is -0.686. The Kier molecular flexibility index (Phi) is 1.83. The Hall–Kier alpha value is -0.180. The molecule has 0 saturated heterocycles. The van der Waals surface area contributed by atoms with Gasteiger partial charge in [0.15, 0.2) is 0 Å². The number of rotatable bonds is 0. The fourth-order valence-corrected chi connectivity index (χ4v) is 2.81. The third-order valence-electron chi connectivity index (χ3n) is 1.80. The highest BCUT2D eigenvalue weighted by atomic mass is 35.5. The van der Waals surface area contributed by atoms with Crippen LogP contribution < -0.4 is 0 Å². The third kappa shape index (κ3) is 1.39. The molecule has 2 rings (SSSR count). The van der Waals surface area contributed by atoms with Crippen LogP contribution in [0.2, 0.25) is 5.02 Å². The monoisotopic (exact) mass is 186 g/mol. The predicted octanol–water partition coefficient (Wildman–Crippen LogP) is 2.10. The van der Waals surface area contributed by atoms with Gasteiger partial charge in [-0.25, -0.2) is 0 Å². The van der Waals surface area contributed by atoms with Gasteiger partial charge in [-0.05, 0) is 23.3 Å². The Morgan fingerprint density at radius 3 is 2.82 bits per heavy atom. The van der Waals surface area contributed by atoms with E-state index in [9.17, 15) is 4.55 Å². The first kappa shape index (κ1) is 7.47. The van der Waals surface area contributed by atoms with E-state index in [0.29, 0.717) is 11.5 Å². The maximum absolute atomic E-state index is 11.1. The van der Waals surface area contributed by atoms with Crippen molar-refractivity contribution in [2.75, 3.05) is 0 Å². The van der Waals surface area contributed by atoms with Crippen LogP contribution in [0.5, 0.6) is 0 Å². The van der Waals surface area contributed by atoms with E-state index in [1.165, 1.54) is 5.56 Å². The highest BCUT2D eigenvalue weighted by Gasteiger charge is 2.21. The molecule has 1 nitrogen and oxygen atoms in total. The van der Waals surface area contributed by atoms with E-state index >= 15 is 0 Å². The molecule has 0 fully saturated rings. The first-order valence-corrected chi connectivity index (χ1v) is 5.24. The quantitative estimate of drug-likeness (QED) is 0.570. The van der Waals surface area contributed by atoms with E-state index in [1.54, 1.807) is 0 Å². The van der Waals surface area contributed by atoms with Gasteiger partial charge in [0.2, 0.25) is 0 Å². The molecule has 0 amide bonds. The van der Waals surface area contributed by atoms with Gasteiger partial charge in [-0.3, -0.25) is 0 Å². The fraction of sp³-hybridized carbons (Fsp3) is 0.250. The number of benzene rings is 1. The molecule has 1 atom stereocenters. The molecule has 58 valence electrons. The summed E-state index contributed by atoms with van der Waals surface area (Å²) in [5.41, 5.74) is 2.34. The van der Waals surface area contributed by atoms with Gasteiger partial charge < -0.3 is 4.55 Å². The smallest absolute Gasteiger partial charge is 0.131 e. The summed E-state index contributed by atoms with van der Waals surface area (Å²) in [6.45, 7) is 0. The molecule has 0 saturated carbocycles. The molecule has 0 bridgehead atoms. The van der Waals surface area contributed by atoms with Crippen LogP contribution in [0.25, 0.3) is 0 Å². The number of fused-ring (bicyclic) bond motifs is 1. The largest absolute Gasteiger partial charge is 0.616 e. The summed E-state index contributed by atoms with van der Waals surface area (Å²) in [7, 11) is 0. The zero-order chi connectivity index (χ0) is 7.84. The zero-order valence-electron chi connectivity index (χ0n) is 5.84. The summed E-state index contributed by atoms with van der Waals surface area (Å²) in [5, 5.41) is 0.739. The Bertz CT molecular complexity index is 287. The second kappa shape index (κ2) is 2.70. The molecule has 1 heterocycles. The average molecular weight is 187 g/mol. The topological polar surface area (TPSA) is 23.1 Å². The molecule has 11 heavy (non-hydrogen) atoms. The molecule has 1 aliphatic heterocycles. The predicted molar refractivity (Wildman–Crippen MR) is 47.0 cm³/mol. The second-order valence-electron chi connectivity index (χ2n) is 2.64. The summed E-state index contributed by atoms with van der Waals surface area (Å²) in [6, 6.07) is 5.72. The van der Waals surface area contributed by atoms with Crippen LogP contribution in [0, 0.1) is 0 Å². The normalized spacial score (nSPS) is 21.8. The summed E-state index contributed by atoms with van der Waals surface area (Å²) in [4.78, 5) is 0. The van der Waals surface area contributed by atoms with Crippen molar-refractivity contribution in [1.82, 2.24) is 0 Å². The van der Waals surface area contributed by atoms with Crippen molar-refractivity contribution in [2.24, 2.45) is 0 Å². The molecule has 1 unspecified atom stereocenters. The highest BCUT2D eigenvalue weighted by molar-refractivity contribution is 7.90. The van der Waals surface area contributed by atoms with Crippen molar-refractivity contribution in [3.63, 3.8) is 0 Å². The standard InChI is InChI=1S/C8H7ClOS/c9-8-2-1-6-4-11(10)5-7(6)3-8/h1-3H,4-5H2. The van der Waals surface area contributed by atoms with Crippen LogP contribution >= 0.6 is 11.6 Å². The van der Waals surface area contributed by atoms with Crippen molar-refractivity contribution in [1.29, 1.82) is 0 Å². The highest BCUT2D eigenvalue weighted by Crippen LogP contribution is 2.27. The van der Waals surface area contributed by atoms with Gasteiger partial charge in [-0.15, -0.1) is 0 Å². The van der Waals surface area contributed by atoms with Gasteiger partial charge in [0, 0.05) is 16.1 Å². The second-order valence-corrected chi connectivity index (χ2v) is 4.53. The lowest BCUT2D eigenvalue weighted by molar-refractivity contribution is 0.597. The summed E-state index contributed by atoms with van der Waals surface area (Å²) in [6.07, 6.45) is 0. The van der Waals surface area contributed by atoms with E-state index < -0.39 is 11.2 Å². The summed E-state index contributed by atoms with van der Waals surface area (Å²) in [5.74, 6) is 1.38. The van der Waals surface area contributed by atoms with Crippen LogP contribution in [-0.4, -0.2) is 4.55 Å². The molecule has 0 aliphatic carbocycles. The molecular weight excluding hydrogens is 180 g/mol. The van der Waals surface area contributed by atoms with E-state index in [4.69, 9.17) is 11.6 Å². The maximum atomic E-state index is 11.1. The van der Waals surface area contributed by atoms with E-state index in [2.05, 4.69) is 0 Å². The minimum Gasteiger partial charge on any atom is -0.616 e. The maximum Gasteiger partial charge on any atom is 0.131 e. The third-order valence-corrected chi connectivity index (χ3v) is 3.30. The van der Waals surface area contributed by atoms with Crippen LogP contribution in [0.3, 0.4) is 0 Å². The Balaban J connectivity index is 2.43. The summed E-state index contributed by atoms with van der Waals surface area (Å²) < 4.78 is 11.1. The van der Waals surface area contributed by atoms with Crippen molar-refractivity contribution < 1.29 is 4.55 Å². The molecule has 0 N–H and O–H groups in total. The van der Waals surface area contributed by atoms with Crippen LogP contribution in [0.4, 0.5) is 0 Å². The van der Waals surface area contributed by atoms with E-state index in [-0.39, 0.29) is 0 Å². The Morgan fingerprint density at radius 1 is 1.27 bits per heavy atom. The van der Waals surface area contributed by atoms with Crippen LogP contribution in [-0.2, 0) is 22.7 Å². The van der Waals surface area contributed by atoms with Crippen LogP contribution in [0.15, 0.2) is 18.2 Å². The van der Waals surface area contributed by atoms with Crippen molar-refractivity contribution >= 4 is 22.8 Å². The molecule has 1 aliphatic rings. The fourth-order valence-electron chi connectivity index (χ4n) is 1.27. The first-order valence-electron chi connectivity index (χ1n) is 3.38. The number of halogens is 1. The first-order chi connectivity index (χ1) is 5.25. The summed E-state index contributed by atoms with van der Waals surface area (Å²) >= 11 is 5.09. The molecule has 1 aromatic carbocycles. The lowest BCUT2D eigenvalue weighted by atomic mass is 10.1.